The van der Waals surface area contributed by atoms with E-state index in [1.807, 2.05) is 13.8 Å². The molecular weight excluding hydrogens is 283 g/mol. The van der Waals surface area contributed by atoms with Crippen molar-refractivity contribution in [3.8, 4) is 0 Å². The highest BCUT2D eigenvalue weighted by atomic mass is 32.2. The fourth-order valence-electron chi connectivity index (χ4n) is 1.75. The normalized spacial score (nSPS) is 13.1. The van der Waals surface area contributed by atoms with Crippen LogP contribution in [0, 0.1) is 12.7 Å². The van der Waals surface area contributed by atoms with Crippen molar-refractivity contribution < 1.29 is 17.6 Å². The van der Waals surface area contributed by atoms with E-state index in [-0.39, 0.29) is 22.1 Å². The molecular formula is C13H19FN2O3S. The Hall–Kier alpha value is -1.47. The van der Waals surface area contributed by atoms with E-state index in [0.717, 1.165) is 18.6 Å². The summed E-state index contributed by atoms with van der Waals surface area (Å²) in [5, 5.41) is 5.04. The highest BCUT2D eigenvalue weighted by Crippen LogP contribution is 2.21. The molecule has 1 aromatic rings. The topological polar surface area (TPSA) is 80.5 Å². The summed E-state index contributed by atoms with van der Waals surface area (Å²) >= 11 is 0. The summed E-state index contributed by atoms with van der Waals surface area (Å²) in [5.41, 5.74) is -0.116. The highest BCUT2D eigenvalue weighted by Gasteiger charge is 2.22. The van der Waals surface area contributed by atoms with Crippen LogP contribution in [-0.2, 0) is 10.0 Å². The summed E-state index contributed by atoms with van der Waals surface area (Å²) in [6.07, 6.45) is 0.735. The molecule has 0 radical (unpaired) electrons. The second-order valence-electron chi connectivity index (χ2n) is 4.80. The second-order valence-corrected chi connectivity index (χ2v) is 6.33. The average Bonchev–Trinajstić information content (AvgIpc) is 2.37. The van der Waals surface area contributed by atoms with Crippen LogP contribution in [0.25, 0.3) is 0 Å². The number of nitrogens with zero attached hydrogens (tertiary/aromatic N) is 1. The lowest BCUT2D eigenvalue weighted by atomic mass is 10.1. The van der Waals surface area contributed by atoms with Gasteiger partial charge in [0.1, 0.15) is 5.82 Å². The molecule has 1 atom stereocenters. The summed E-state index contributed by atoms with van der Waals surface area (Å²) in [4.78, 5) is 13.3. The Morgan fingerprint density at radius 3 is 2.45 bits per heavy atom. The Labute approximate surface area is 118 Å². The van der Waals surface area contributed by atoms with E-state index < -0.39 is 21.7 Å². The summed E-state index contributed by atoms with van der Waals surface area (Å²) in [5.74, 6) is -1.21. The van der Waals surface area contributed by atoms with Crippen molar-refractivity contribution in [2.24, 2.45) is 5.14 Å². The molecule has 0 aromatic heterocycles. The smallest absolute Gasteiger partial charge is 0.253 e. The minimum absolute atomic E-state index is 0.0278. The highest BCUT2D eigenvalue weighted by molar-refractivity contribution is 7.89. The van der Waals surface area contributed by atoms with Gasteiger partial charge >= 0.3 is 0 Å². The van der Waals surface area contributed by atoms with Crippen LogP contribution in [0.3, 0.4) is 0 Å². The third-order valence-corrected chi connectivity index (χ3v) is 4.46. The average molecular weight is 302 g/mol. The predicted molar refractivity (Wildman–Crippen MR) is 74.4 cm³/mol. The van der Waals surface area contributed by atoms with Gasteiger partial charge in [-0.25, -0.2) is 17.9 Å². The van der Waals surface area contributed by atoms with Crippen LogP contribution in [-0.4, -0.2) is 32.3 Å². The van der Waals surface area contributed by atoms with Gasteiger partial charge in [0.25, 0.3) is 5.91 Å². The van der Waals surface area contributed by atoms with Crippen molar-refractivity contribution in [2.75, 3.05) is 7.05 Å². The lowest BCUT2D eigenvalue weighted by Crippen LogP contribution is -2.34. The molecule has 7 heteroatoms. The molecule has 0 aliphatic carbocycles. The van der Waals surface area contributed by atoms with Crippen LogP contribution in [0.4, 0.5) is 4.39 Å². The molecule has 2 N–H and O–H groups in total. The number of hydrogen-bond donors (Lipinski definition) is 1. The van der Waals surface area contributed by atoms with Crippen LogP contribution in [0.5, 0.6) is 0 Å². The number of nitrogens with two attached hydrogens (primary N) is 1. The molecule has 0 spiro atoms. The predicted octanol–water partition coefficient (Wildman–Crippen LogP) is 1.65. The Morgan fingerprint density at radius 1 is 1.45 bits per heavy atom. The number of hydrogen-bond acceptors (Lipinski definition) is 3. The molecule has 5 nitrogen and oxygen atoms in total. The standard InChI is InChI=1S/C13H19FN2O3S/c1-5-8(2)16(4)13(17)10-6-11(14)9(3)12(7-10)20(15,18)19/h6-8H,5H2,1-4H3,(H2,15,18,19). The lowest BCUT2D eigenvalue weighted by molar-refractivity contribution is 0.0739. The van der Waals surface area contributed by atoms with Gasteiger partial charge in [0.15, 0.2) is 0 Å². The first kappa shape index (κ1) is 16.6. The zero-order chi connectivity index (χ0) is 15.7. The number of sulfonamides is 1. The zero-order valence-electron chi connectivity index (χ0n) is 12.0. The maximum absolute atomic E-state index is 13.8. The Balaban J connectivity index is 3.35. The number of rotatable bonds is 4. The van der Waals surface area contributed by atoms with E-state index in [1.165, 1.54) is 11.8 Å². The molecule has 1 aromatic carbocycles. The van der Waals surface area contributed by atoms with Crippen molar-refractivity contribution in [3.05, 3.63) is 29.1 Å². The minimum Gasteiger partial charge on any atom is -0.339 e. The number of carbonyl (C=O) groups is 1. The van der Waals surface area contributed by atoms with Crippen LogP contribution in [0.1, 0.15) is 36.2 Å². The van der Waals surface area contributed by atoms with Gasteiger partial charge < -0.3 is 4.90 Å². The van der Waals surface area contributed by atoms with Crippen molar-refractivity contribution in [1.82, 2.24) is 4.90 Å². The van der Waals surface area contributed by atoms with Crippen molar-refractivity contribution in [2.45, 2.75) is 38.1 Å². The van der Waals surface area contributed by atoms with E-state index in [9.17, 15) is 17.6 Å². The van der Waals surface area contributed by atoms with Crippen LogP contribution in [0.2, 0.25) is 0 Å². The van der Waals surface area contributed by atoms with Crippen LogP contribution in [0.15, 0.2) is 17.0 Å². The third kappa shape index (κ3) is 3.34. The van der Waals surface area contributed by atoms with Gasteiger partial charge in [0, 0.05) is 24.2 Å². The van der Waals surface area contributed by atoms with Crippen molar-refractivity contribution in [1.29, 1.82) is 0 Å². The Morgan fingerprint density at radius 2 is 2.00 bits per heavy atom. The fraction of sp³-hybridized carbons (Fsp3) is 0.462. The van der Waals surface area contributed by atoms with Gasteiger partial charge in [0.2, 0.25) is 10.0 Å². The Bertz CT molecular complexity index is 629. The van der Waals surface area contributed by atoms with Crippen LogP contribution >= 0.6 is 0 Å². The largest absolute Gasteiger partial charge is 0.339 e. The van der Waals surface area contributed by atoms with Gasteiger partial charge in [-0.2, -0.15) is 0 Å². The molecule has 20 heavy (non-hydrogen) atoms. The molecule has 0 bridgehead atoms. The lowest BCUT2D eigenvalue weighted by Gasteiger charge is -2.24. The van der Waals surface area contributed by atoms with Gasteiger partial charge in [-0.05, 0) is 32.4 Å². The molecule has 1 unspecified atom stereocenters. The van der Waals surface area contributed by atoms with Gasteiger partial charge in [-0.3, -0.25) is 4.79 Å². The molecule has 1 amide bonds. The molecule has 0 aliphatic rings. The number of carbonyl (C=O) groups excluding carboxylic acids is 1. The van der Waals surface area contributed by atoms with Gasteiger partial charge in [-0.15, -0.1) is 0 Å². The molecule has 0 aliphatic heterocycles. The molecule has 0 fully saturated rings. The van der Waals surface area contributed by atoms with Gasteiger partial charge in [0.05, 0.1) is 4.90 Å². The zero-order valence-corrected chi connectivity index (χ0v) is 12.8. The van der Waals surface area contributed by atoms with E-state index in [1.54, 1.807) is 7.05 Å². The SMILES string of the molecule is CCC(C)N(C)C(=O)c1cc(F)c(C)c(S(N)(=O)=O)c1. The first-order valence-electron chi connectivity index (χ1n) is 6.19. The van der Waals surface area contributed by atoms with Crippen molar-refractivity contribution >= 4 is 15.9 Å². The van der Waals surface area contributed by atoms with Gasteiger partial charge in [-0.1, -0.05) is 6.92 Å². The number of benzene rings is 1. The summed E-state index contributed by atoms with van der Waals surface area (Å²) in [6, 6.07) is 2.12. The van der Waals surface area contributed by atoms with E-state index in [2.05, 4.69) is 0 Å². The monoisotopic (exact) mass is 302 g/mol. The van der Waals surface area contributed by atoms with E-state index in [4.69, 9.17) is 5.14 Å². The maximum Gasteiger partial charge on any atom is 0.253 e. The first-order chi connectivity index (χ1) is 9.09. The van der Waals surface area contributed by atoms with E-state index in [0.29, 0.717) is 0 Å². The first-order valence-corrected chi connectivity index (χ1v) is 7.74. The molecule has 1 rings (SSSR count). The molecule has 0 heterocycles. The number of amides is 1. The fourth-order valence-corrected chi connectivity index (χ4v) is 2.57. The van der Waals surface area contributed by atoms with E-state index >= 15 is 0 Å². The second kappa shape index (κ2) is 5.88. The third-order valence-electron chi connectivity index (χ3n) is 3.42. The minimum atomic E-state index is -4.07. The molecule has 0 saturated heterocycles. The van der Waals surface area contributed by atoms with Crippen LogP contribution < -0.4 is 5.14 Å². The summed E-state index contributed by atoms with van der Waals surface area (Å²) in [6.45, 7) is 5.07. The summed E-state index contributed by atoms with van der Waals surface area (Å²) in [7, 11) is -2.49. The van der Waals surface area contributed by atoms with Crippen molar-refractivity contribution in [3.63, 3.8) is 0 Å². The quantitative estimate of drug-likeness (QED) is 0.918. The number of primary sulfonamides is 1. The number of halogens is 1. The maximum atomic E-state index is 13.8. The molecule has 112 valence electrons. The summed E-state index contributed by atoms with van der Waals surface area (Å²) < 4.78 is 36.6. The Kier molecular flexibility index (Phi) is 4.88. The molecule has 0 saturated carbocycles.